The van der Waals surface area contributed by atoms with Gasteiger partial charge in [-0.15, -0.1) is 0 Å². The lowest BCUT2D eigenvalue weighted by molar-refractivity contribution is -0.136. The zero-order valence-electron chi connectivity index (χ0n) is 13.8. The van der Waals surface area contributed by atoms with E-state index in [0.29, 0.717) is 6.42 Å². The maximum absolute atomic E-state index is 13.0. The predicted molar refractivity (Wildman–Crippen MR) is 89.5 cm³/mol. The molecule has 2 aromatic carbocycles. The van der Waals surface area contributed by atoms with Gasteiger partial charge < -0.3 is 15.3 Å². The molecule has 2 N–H and O–H groups in total. The first kappa shape index (κ1) is 18.6. The second kappa shape index (κ2) is 7.46. The third-order valence-electron chi connectivity index (χ3n) is 3.92. The fourth-order valence-corrected chi connectivity index (χ4v) is 2.35. The molecule has 0 heterocycles. The van der Waals surface area contributed by atoms with Gasteiger partial charge in [0.1, 0.15) is 5.75 Å². The smallest absolute Gasteiger partial charge is 0.418 e. The van der Waals surface area contributed by atoms with Crippen molar-refractivity contribution in [1.29, 1.82) is 0 Å². The van der Waals surface area contributed by atoms with Gasteiger partial charge >= 0.3 is 12.2 Å². The van der Waals surface area contributed by atoms with Crippen LogP contribution in [0.5, 0.6) is 5.75 Å². The molecule has 4 nitrogen and oxygen atoms in total. The van der Waals surface area contributed by atoms with Crippen molar-refractivity contribution in [3.8, 4) is 5.75 Å². The molecule has 0 aliphatic heterocycles. The maximum Gasteiger partial charge on any atom is 0.418 e. The molecule has 1 atom stereocenters. The topological polar surface area (TPSA) is 52.6 Å². The lowest BCUT2D eigenvalue weighted by Crippen LogP contribution is -2.39. The summed E-state index contributed by atoms with van der Waals surface area (Å²) in [6.45, 7) is 1.79. The molecule has 7 heteroatoms. The van der Waals surface area contributed by atoms with Crippen LogP contribution in [0.3, 0.4) is 0 Å². The number of rotatable bonds is 4. The lowest BCUT2D eigenvalue weighted by Gasteiger charge is -2.26. The number of hydrogen-bond acceptors (Lipinski definition) is 2. The summed E-state index contributed by atoms with van der Waals surface area (Å²) in [5.74, 6) is 0.145. The number of urea groups is 1. The minimum Gasteiger partial charge on any atom is -0.508 e. The highest BCUT2D eigenvalue weighted by Gasteiger charge is 2.33. The molecule has 25 heavy (non-hydrogen) atoms. The van der Waals surface area contributed by atoms with Crippen LogP contribution in [0.2, 0.25) is 0 Å². The fourth-order valence-electron chi connectivity index (χ4n) is 2.35. The summed E-state index contributed by atoms with van der Waals surface area (Å²) in [7, 11) is 1.52. The number of likely N-dealkylation sites (N-methyl/N-ethyl adjacent to an activating group) is 1. The van der Waals surface area contributed by atoms with Crippen LogP contribution in [0.25, 0.3) is 0 Å². The minimum absolute atomic E-state index is 0.145. The molecule has 0 saturated heterocycles. The van der Waals surface area contributed by atoms with Crippen LogP contribution in [0.4, 0.5) is 23.7 Å². The van der Waals surface area contributed by atoms with Crippen LogP contribution in [-0.4, -0.2) is 29.1 Å². The third kappa shape index (κ3) is 4.89. The van der Waals surface area contributed by atoms with E-state index in [4.69, 9.17) is 0 Å². The van der Waals surface area contributed by atoms with Crippen molar-refractivity contribution in [1.82, 2.24) is 4.90 Å². The van der Waals surface area contributed by atoms with Gasteiger partial charge in [-0.3, -0.25) is 0 Å². The van der Waals surface area contributed by atoms with Gasteiger partial charge in [0.2, 0.25) is 0 Å². The second-order valence-corrected chi connectivity index (χ2v) is 5.80. The van der Waals surface area contributed by atoms with E-state index in [1.807, 2.05) is 0 Å². The van der Waals surface area contributed by atoms with E-state index >= 15 is 0 Å². The standard InChI is InChI=1S/C18H19F3N2O2/c1-12(11-13-7-9-14(24)10-8-13)23(2)17(25)22-16-6-4-3-5-15(16)18(19,20)21/h3-10,12,24H,11H2,1-2H3,(H,22,25)/t12-/m1/s1. The van der Waals surface area contributed by atoms with E-state index < -0.39 is 17.8 Å². The van der Waals surface area contributed by atoms with Gasteiger partial charge in [0, 0.05) is 13.1 Å². The summed E-state index contributed by atoms with van der Waals surface area (Å²) in [5, 5.41) is 11.6. The maximum atomic E-state index is 13.0. The summed E-state index contributed by atoms with van der Waals surface area (Å²) in [5.41, 5.74) is -0.257. The summed E-state index contributed by atoms with van der Waals surface area (Å²) in [6, 6.07) is 10.5. The molecule has 2 rings (SSSR count). The number of phenolic OH excluding ortho intramolecular Hbond substituents is 1. The van der Waals surface area contributed by atoms with Crippen molar-refractivity contribution in [3.05, 3.63) is 59.7 Å². The molecule has 0 radical (unpaired) electrons. The molecule has 0 unspecified atom stereocenters. The number of anilines is 1. The van der Waals surface area contributed by atoms with Crippen molar-refractivity contribution in [2.75, 3.05) is 12.4 Å². The fraction of sp³-hybridized carbons (Fsp3) is 0.278. The Balaban J connectivity index is 2.06. The molecular formula is C18H19F3N2O2. The van der Waals surface area contributed by atoms with E-state index in [0.717, 1.165) is 11.6 Å². The molecule has 2 amide bonds. The van der Waals surface area contributed by atoms with E-state index in [1.165, 1.54) is 30.1 Å². The summed E-state index contributed by atoms with van der Waals surface area (Å²) in [4.78, 5) is 13.6. The number of halogens is 3. The SMILES string of the molecule is C[C@H](Cc1ccc(O)cc1)N(C)C(=O)Nc1ccccc1C(F)(F)F. The number of nitrogens with one attached hydrogen (secondary N) is 1. The van der Waals surface area contributed by atoms with Crippen LogP contribution in [-0.2, 0) is 12.6 Å². The van der Waals surface area contributed by atoms with Gasteiger partial charge in [-0.05, 0) is 43.2 Å². The third-order valence-corrected chi connectivity index (χ3v) is 3.92. The number of para-hydroxylation sites is 1. The van der Waals surface area contributed by atoms with Crippen molar-refractivity contribution in [3.63, 3.8) is 0 Å². The van der Waals surface area contributed by atoms with Gasteiger partial charge in [-0.1, -0.05) is 24.3 Å². The zero-order valence-corrected chi connectivity index (χ0v) is 13.8. The zero-order chi connectivity index (χ0) is 18.6. The molecule has 0 aliphatic carbocycles. The molecule has 0 bridgehead atoms. The van der Waals surface area contributed by atoms with Crippen molar-refractivity contribution >= 4 is 11.7 Å². The number of aromatic hydroxyl groups is 1. The minimum atomic E-state index is -4.54. The Bertz CT molecular complexity index is 730. The Morgan fingerprint density at radius 2 is 1.76 bits per heavy atom. The van der Waals surface area contributed by atoms with E-state index in [2.05, 4.69) is 5.32 Å². The van der Waals surface area contributed by atoms with Crippen molar-refractivity contribution < 1.29 is 23.1 Å². The predicted octanol–water partition coefficient (Wildman–Crippen LogP) is 4.51. The van der Waals surface area contributed by atoms with Crippen LogP contribution in [0, 0.1) is 0 Å². The molecule has 0 saturated carbocycles. The van der Waals surface area contributed by atoms with E-state index in [1.54, 1.807) is 31.2 Å². The van der Waals surface area contributed by atoms with E-state index in [9.17, 15) is 23.1 Å². The number of carbonyl (C=O) groups excluding carboxylic acids is 1. The normalized spacial score (nSPS) is 12.5. The average molecular weight is 352 g/mol. The number of carbonyl (C=O) groups is 1. The van der Waals surface area contributed by atoms with E-state index in [-0.39, 0.29) is 17.5 Å². The van der Waals surface area contributed by atoms with Crippen molar-refractivity contribution in [2.24, 2.45) is 0 Å². The van der Waals surface area contributed by atoms with Crippen LogP contribution < -0.4 is 5.32 Å². The molecular weight excluding hydrogens is 333 g/mol. The number of amides is 2. The first-order chi connectivity index (χ1) is 11.7. The monoisotopic (exact) mass is 352 g/mol. The number of nitrogens with zero attached hydrogens (tertiary/aromatic N) is 1. The highest BCUT2D eigenvalue weighted by atomic mass is 19.4. The molecule has 2 aromatic rings. The number of phenols is 1. The largest absolute Gasteiger partial charge is 0.508 e. The Labute approximate surface area is 143 Å². The lowest BCUT2D eigenvalue weighted by atomic mass is 10.1. The first-order valence-corrected chi connectivity index (χ1v) is 7.66. The summed E-state index contributed by atoms with van der Waals surface area (Å²) < 4.78 is 39.0. The van der Waals surface area contributed by atoms with Crippen molar-refractivity contribution in [2.45, 2.75) is 25.6 Å². The molecule has 0 fully saturated rings. The van der Waals surface area contributed by atoms with Gasteiger partial charge in [0.15, 0.2) is 0 Å². The highest BCUT2D eigenvalue weighted by molar-refractivity contribution is 5.90. The van der Waals surface area contributed by atoms with Gasteiger partial charge in [-0.2, -0.15) is 13.2 Å². The van der Waals surface area contributed by atoms with Crippen LogP contribution in [0.15, 0.2) is 48.5 Å². The van der Waals surface area contributed by atoms with Crippen LogP contribution in [0.1, 0.15) is 18.1 Å². The Kier molecular flexibility index (Phi) is 5.56. The quantitative estimate of drug-likeness (QED) is 0.851. The highest BCUT2D eigenvalue weighted by Crippen LogP contribution is 2.34. The Morgan fingerprint density at radius 1 is 1.16 bits per heavy atom. The summed E-state index contributed by atoms with van der Waals surface area (Å²) in [6.07, 6.45) is -4.04. The molecule has 134 valence electrons. The second-order valence-electron chi connectivity index (χ2n) is 5.80. The van der Waals surface area contributed by atoms with Crippen LogP contribution >= 0.6 is 0 Å². The van der Waals surface area contributed by atoms with Gasteiger partial charge in [0.05, 0.1) is 11.3 Å². The average Bonchev–Trinajstić information content (AvgIpc) is 2.55. The van der Waals surface area contributed by atoms with Gasteiger partial charge in [-0.25, -0.2) is 4.79 Å². The number of hydrogen-bond donors (Lipinski definition) is 2. The number of alkyl halides is 3. The molecule has 0 spiro atoms. The summed E-state index contributed by atoms with van der Waals surface area (Å²) >= 11 is 0. The van der Waals surface area contributed by atoms with Gasteiger partial charge in [0.25, 0.3) is 0 Å². The first-order valence-electron chi connectivity index (χ1n) is 7.66. The Morgan fingerprint density at radius 3 is 2.36 bits per heavy atom. The number of benzene rings is 2. The Hall–Kier alpha value is -2.70. The molecule has 0 aromatic heterocycles. The molecule has 0 aliphatic rings.